The van der Waals surface area contributed by atoms with Gasteiger partial charge in [-0.3, -0.25) is 9.59 Å². The number of fused-ring (bicyclic) bond motifs is 1. The number of hydrogen-bond acceptors (Lipinski definition) is 4. The molecule has 4 rings (SSSR count). The number of nitrogens with zero attached hydrogens (tertiary/aromatic N) is 3. The van der Waals surface area contributed by atoms with Gasteiger partial charge in [-0.2, -0.15) is 0 Å². The van der Waals surface area contributed by atoms with E-state index in [9.17, 15) is 14.0 Å². The predicted molar refractivity (Wildman–Crippen MR) is 106 cm³/mol. The van der Waals surface area contributed by atoms with Crippen molar-refractivity contribution in [3.05, 3.63) is 88.5 Å². The molecule has 146 valence electrons. The molecule has 3 aromatic heterocycles. The largest absolute Gasteiger partial charge is 0.350 e. The van der Waals surface area contributed by atoms with E-state index in [2.05, 4.69) is 20.3 Å². The minimum atomic E-state index is -0.421. The third-order valence-electron chi connectivity index (χ3n) is 4.38. The molecular formula is C21H18FN5O2. The van der Waals surface area contributed by atoms with E-state index in [0.717, 1.165) is 11.3 Å². The first kappa shape index (κ1) is 18.5. The van der Waals surface area contributed by atoms with Crippen LogP contribution in [0.3, 0.4) is 0 Å². The van der Waals surface area contributed by atoms with E-state index < -0.39 is 5.82 Å². The molecule has 7 nitrogen and oxygen atoms in total. The van der Waals surface area contributed by atoms with Gasteiger partial charge in [-0.15, -0.1) is 0 Å². The molecule has 0 saturated heterocycles. The van der Waals surface area contributed by atoms with Crippen molar-refractivity contribution in [2.24, 2.45) is 0 Å². The molecule has 3 heterocycles. The first-order valence-electron chi connectivity index (χ1n) is 9.12. The molecule has 0 atom stereocenters. The number of carbonyl (C=O) groups is 1. The SMILES string of the molecule is O=C(CCc1cn2ccccc2n1)NCc1cc(=O)[nH]c(-c2cccc(F)c2)n1. The molecule has 4 aromatic rings. The van der Waals surface area contributed by atoms with Crippen molar-refractivity contribution >= 4 is 11.6 Å². The molecule has 0 fully saturated rings. The number of aromatic nitrogens is 4. The van der Waals surface area contributed by atoms with Crippen molar-refractivity contribution in [2.45, 2.75) is 19.4 Å². The average molecular weight is 391 g/mol. The van der Waals surface area contributed by atoms with Gasteiger partial charge in [-0.25, -0.2) is 14.4 Å². The molecule has 0 aliphatic rings. The van der Waals surface area contributed by atoms with E-state index in [4.69, 9.17) is 0 Å². The zero-order valence-corrected chi connectivity index (χ0v) is 15.4. The average Bonchev–Trinajstić information content (AvgIpc) is 3.13. The molecular weight excluding hydrogens is 373 g/mol. The molecule has 0 unspecified atom stereocenters. The Morgan fingerprint density at radius 2 is 2.00 bits per heavy atom. The molecule has 29 heavy (non-hydrogen) atoms. The van der Waals surface area contributed by atoms with Crippen LogP contribution in [-0.2, 0) is 17.8 Å². The monoisotopic (exact) mass is 391 g/mol. The van der Waals surface area contributed by atoms with Crippen molar-refractivity contribution in [2.75, 3.05) is 0 Å². The number of rotatable bonds is 6. The van der Waals surface area contributed by atoms with E-state index >= 15 is 0 Å². The fourth-order valence-electron chi connectivity index (χ4n) is 3.00. The predicted octanol–water partition coefficient (Wildman–Crippen LogP) is 2.47. The lowest BCUT2D eigenvalue weighted by Gasteiger charge is -2.06. The van der Waals surface area contributed by atoms with Gasteiger partial charge < -0.3 is 14.7 Å². The molecule has 0 spiro atoms. The Bertz CT molecular complexity index is 1200. The van der Waals surface area contributed by atoms with Gasteiger partial charge >= 0.3 is 0 Å². The number of pyridine rings is 1. The van der Waals surface area contributed by atoms with Gasteiger partial charge in [0.05, 0.1) is 17.9 Å². The number of halogens is 1. The van der Waals surface area contributed by atoms with Gasteiger partial charge in [0.25, 0.3) is 5.56 Å². The molecule has 0 bridgehead atoms. The summed E-state index contributed by atoms with van der Waals surface area (Å²) in [6.45, 7) is 0.107. The van der Waals surface area contributed by atoms with Crippen molar-refractivity contribution in [3.8, 4) is 11.4 Å². The van der Waals surface area contributed by atoms with Gasteiger partial charge in [0, 0.05) is 30.4 Å². The zero-order valence-electron chi connectivity index (χ0n) is 15.4. The molecule has 0 aliphatic carbocycles. The zero-order chi connectivity index (χ0) is 20.2. The van der Waals surface area contributed by atoms with Gasteiger partial charge in [-0.1, -0.05) is 18.2 Å². The number of amides is 1. The van der Waals surface area contributed by atoms with Crippen LogP contribution < -0.4 is 10.9 Å². The minimum absolute atomic E-state index is 0.107. The first-order valence-corrected chi connectivity index (χ1v) is 9.12. The van der Waals surface area contributed by atoms with Crippen LogP contribution in [0.5, 0.6) is 0 Å². The highest BCUT2D eigenvalue weighted by atomic mass is 19.1. The fraction of sp³-hybridized carbons (Fsp3) is 0.143. The number of H-pyrrole nitrogens is 1. The molecule has 0 aliphatic heterocycles. The summed E-state index contributed by atoms with van der Waals surface area (Å²) in [5, 5.41) is 2.76. The molecule has 8 heteroatoms. The maximum atomic E-state index is 13.4. The third-order valence-corrected chi connectivity index (χ3v) is 4.38. The number of carbonyl (C=O) groups excluding carboxylic acids is 1. The van der Waals surface area contributed by atoms with E-state index in [-0.39, 0.29) is 30.3 Å². The maximum absolute atomic E-state index is 13.4. The van der Waals surface area contributed by atoms with Crippen molar-refractivity contribution < 1.29 is 9.18 Å². The summed E-state index contributed by atoms with van der Waals surface area (Å²) in [7, 11) is 0. The topological polar surface area (TPSA) is 92.2 Å². The van der Waals surface area contributed by atoms with E-state index in [1.54, 1.807) is 12.1 Å². The fourth-order valence-corrected chi connectivity index (χ4v) is 3.00. The second-order valence-corrected chi connectivity index (χ2v) is 6.57. The molecule has 1 aromatic carbocycles. The van der Waals surface area contributed by atoms with Crippen LogP contribution in [-0.4, -0.2) is 25.3 Å². The van der Waals surface area contributed by atoms with E-state index in [1.807, 2.05) is 35.0 Å². The van der Waals surface area contributed by atoms with Crippen LogP contribution in [0.1, 0.15) is 17.8 Å². The van der Waals surface area contributed by atoms with Gasteiger partial charge in [0.15, 0.2) is 0 Å². The van der Waals surface area contributed by atoms with Crippen molar-refractivity contribution in [3.63, 3.8) is 0 Å². The van der Waals surface area contributed by atoms with Crippen molar-refractivity contribution in [1.82, 2.24) is 24.7 Å². The summed E-state index contributed by atoms with van der Waals surface area (Å²) in [5.41, 5.74) is 2.15. The minimum Gasteiger partial charge on any atom is -0.350 e. The number of imidazole rings is 1. The summed E-state index contributed by atoms with van der Waals surface area (Å²) in [6.07, 6.45) is 4.57. The smallest absolute Gasteiger partial charge is 0.251 e. The summed E-state index contributed by atoms with van der Waals surface area (Å²) in [6, 6.07) is 12.8. The lowest BCUT2D eigenvalue weighted by molar-refractivity contribution is -0.121. The van der Waals surface area contributed by atoms with E-state index in [1.165, 1.54) is 18.2 Å². The third kappa shape index (κ3) is 4.55. The Balaban J connectivity index is 1.38. The molecule has 0 saturated carbocycles. The summed E-state index contributed by atoms with van der Waals surface area (Å²) in [4.78, 5) is 35.4. The van der Waals surface area contributed by atoms with E-state index in [0.29, 0.717) is 17.7 Å². The highest BCUT2D eigenvalue weighted by Gasteiger charge is 2.09. The Kier molecular flexibility index (Phi) is 5.15. The summed E-state index contributed by atoms with van der Waals surface area (Å²) in [5.74, 6) is -0.335. The first-order chi connectivity index (χ1) is 14.1. The Morgan fingerprint density at radius 1 is 1.10 bits per heavy atom. The van der Waals surface area contributed by atoms with Crippen LogP contribution in [0, 0.1) is 5.82 Å². The number of aromatic amines is 1. The number of nitrogens with one attached hydrogen (secondary N) is 2. The van der Waals surface area contributed by atoms with Crippen LogP contribution >= 0.6 is 0 Å². The second kappa shape index (κ2) is 8.05. The Morgan fingerprint density at radius 3 is 2.83 bits per heavy atom. The maximum Gasteiger partial charge on any atom is 0.251 e. The Labute approximate surface area is 165 Å². The summed E-state index contributed by atoms with van der Waals surface area (Å²) >= 11 is 0. The summed E-state index contributed by atoms with van der Waals surface area (Å²) < 4.78 is 15.3. The van der Waals surface area contributed by atoms with Crippen LogP contribution in [0.2, 0.25) is 0 Å². The molecule has 0 radical (unpaired) electrons. The normalized spacial score (nSPS) is 10.9. The van der Waals surface area contributed by atoms with Gasteiger partial charge in [0.2, 0.25) is 5.91 Å². The lowest BCUT2D eigenvalue weighted by Crippen LogP contribution is -2.25. The number of hydrogen-bond donors (Lipinski definition) is 2. The Hall–Kier alpha value is -3.81. The highest BCUT2D eigenvalue weighted by molar-refractivity contribution is 5.76. The lowest BCUT2D eigenvalue weighted by atomic mass is 10.2. The number of benzene rings is 1. The van der Waals surface area contributed by atoms with Crippen LogP contribution in [0.15, 0.2) is 65.7 Å². The van der Waals surface area contributed by atoms with Crippen LogP contribution in [0.4, 0.5) is 4.39 Å². The quantitative estimate of drug-likeness (QED) is 0.528. The second-order valence-electron chi connectivity index (χ2n) is 6.57. The van der Waals surface area contributed by atoms with Gasteiger partial charge in [0.1, 0.15) is 17.3 Å². The number of aryl methyl sites for hydroxylation is 1. The standard InChI is InChI=1S/C21H18FN5O2/c22-15-5-3-4-14(10-15)21-25-17(11-20(29)26-21)12-23-19(28)8-7-16-13-27-9-2-1-6-18(27)24-16/h1-6,9-11,13H,7-8,12H2,(H,23,28)(H,25,26,29). The van der Waals surface area contributed by atoms with Gasteiger partial charge in [-0.05, 0) is 30.7 Å². The van der Waals surface area contributed by atoms with Crippen molar-refractivity contribution in [1.29, 1.82) is 0 Å². The van der Waals surface area contributed by atoms with Crippen LogP contribution in [0.25, 0.3) is 17.0 Å². The molecule has 2 N–H and O–H groups in total. The highest BCUT2D eigenvalue weighted by Crippen LogP contribution is 2.14. The molecule has 1 amide bonds.